The Morgan fingerprint density at radius 2 is 1.59 bits per heavy atom. The topological polar surface area (TPSA) is 83.4 Å². The molecular formula is C20H13Cl2N3O3S. The summed E-state index contributed by atoms with van der Waals surface area (Å²) in [5.41, 5.74) is 0.948. The number of carbonyl (C=O) groups excluding carboxylic acids is 2. The van der Waals surface area contributed by atoms with Gasteiger partial charge in [0.15, 0.2) is 0 Å². The number of hydrogen-bond donors (Lipinski definition) is 1. The molecule has 2 heterocycles. The van der Waals surface area contributed by atoms with Crippen molar-refractivity contribution in [3.63, 3.8) is 0 Å². The molecule has 1 fully saturated rings. The first-order chi connectivity index (χ1) is 13.9. The highest BCUT2D eigenvalue weighted by Gasteiger charge is 2.48. The average molecular weight is 446 g/mol. The van der Waals surface area contributed by atoms with Gasteiger partial charge in [0.1, 0.15) is 10.8 Å². The van der Waals surface area contributed by atoms with Gasteiger partial charge in [-0.15, -0.1) is 10.2 Å². The van der Waals surface area contributed by atoms with E-state index in [2.05, 4.69) is 10.2 Å². The lowest BCUT2D eigenvalue weighted by molar-refractivity contribution is -0.132. The van der Waals surface area contributed by atoms with Crippen LogP contribution < -0.4 is 4.90 Å². The molecule has 9 heteroatoms. The molecule has 1 atom stereocenters. The number of amides is 1. The Labute approximate surface area is 180 Å². The molecule has 0 spiro atoms. The minimum absolute atomic E-state index is 0.0347. The number of anilines is 1. The van der Waals surface area contributed by atoms with Crippen LogP contribution in [-0.2, 0) is 9.59 Å². The van der Waals surface area contributed by atoms with Crippen molar-refractivity contribution < 1.29 is 14.7 Å². The lowest BCUT2D eigenvalue weighted by Crippen LogP contribution is -2.29. The van der Waals surface area contributed by atoms with Gasteiger partial charge >= 0.3 is 5.91 Å². The van der Waals surface area contributed by atoms with E-state index in [0.717, 1.165) is 0 Å². The summed E-state index contributed by atoms with van der Waals surface area (Å²) < 4.78 is 0. The Kier molecular flexibility index (Phi) is 5.12. The second-order valence-electron chi connectivity index (χ2n) is 6.33. The van der Waals surface area contributed by atoms with Gasteiger partial charge in [0.25, 0.3) is 5.78 Å². The van der Waals surface area contributed by atoms with Gasteiger partial charge in [-0.05, 0) is 48.9 Å². The molecule has 0 bridgehead atoms. The van der Waals surface area contributed by atoms with Crippen LogP contribution in [-0.4, -0.2) is 27.0 Å². The van der Waals surface area contributed by atoms with Crippen molar-refractivity contribution in [2.24, 2.45) is 0 Å². The highest BCUT2D eigenvalue weighted by Crippen LogP contribution is 2.43. The molecule has 4 rings (SSSR count). The van der Waals surface area contributed by atoms with E-state index in [-0.39, 0.29) is 16.5 Å². The maximum absolute atomic E-state index is 12.9. The molecule has 2 aromatic carbocycles. The number of nitrogens with zero attached hydrogens (tertiary/aromatic N) is 3. The van der Waals surface area contributed by atoms with E-state index in [4.69, 9.17) is 23.2 Å². The van der Waals surface area contributed by atoms with Gasteiger partial charge in [0, 0.05) is 15.6 Å². The van der Waals surface area contributed by atoms with Crippen molar-refractivity contribution in [2.75, 3.05) is 4.90 Å². The highest BCUT2D eigenvalue weighted by molar-refractivity contribution is 7.15. The molecule has 146 valence electrons. The third-order valence-corrected chi connectivity index (χ3v) is 5.81. The molecule has 1 aromatic heterocycles. The number of hydrogen-bond acceptors (Lipinski definition) is 6. The Morgan fingerprint density at radius 1 is 1.00 bits per heavy atom. The summed E-state index contributed by atoms with van der Waals surface area (Å²) in [6, 6.07) is 12.2. The molecule has 3 aromatic rings. The van der Waals surface area contributed by atoms with Crippen LogP contribution in [0.3, 0.4) is 0 Å². The Hall–Kier alpha value is -2.74. The zero-order chi connectivity index (χ0) is 20.7. The SMILES string of the molecule is Cc1nnc(N2C(=O)C(=O)C(=C(O)c3ccc(Cl)cc3)[C@@H]2c2ccc(Cl)cc2)s1. The fraction of sp³-hybridized carbons (Fsp3) is 0.100. The van der Waals surface area contributed by atoms with E-state index in [9.17, 15) is 14.7 Å². The fourth-order valence-corrected chi connectivity index (χ4v) is 4.10. The van der Waals surface area contributed by atoms with Crippen LogP contribution in [0, 0.1) is 6.92 Å². The van der Waals surface area contributed by atoms with Gasteiger partial charge in [-0.3, -0.25) is 14.5 Å². The molecule has 1 saturated heterocycles. The second-order valence-corrected chi connectivity index (χ2v) is 8.36. The molecular weight excluding hydrogens is 433 g/mol. The first-order valence-corrected chi connectivity index (χ1v) is 10.1. The lowest BCUT2D eigenvalue weighted by atomic mass is 9.95. The zero-order valence-electron chi connectivity index (χ0n) is 15.0. The monoisotopic (exact) mass is 445 g/mol. The Balaban J connectivity index is 1.93. The van der Waals surface area contributed by atoms with E-state index in [1.54, 1.807) is 55.5 Å². The van der Waals surface area contributed by atoms with E-state index in [0.29, 0.717) is 26.2 Å². The smallest absolute Gasteiger partial charge is 0.301 e. The molecule has 29 heavy (non-hydrogen) atoms. The maximum Gasteiger partial charge on any atom is 0.301 e. The Morgan fingerprint density at radius 3 is 2.14 bits per heavy atom. The Bertz CT molecular complexity index is 1140. The van der Waals surface area contributed by atoms with Crippen LogP contribution >= 0.6 is 34.5 Å². The molecule has 1 aliphatic rings. The third kappa shape index (κ3) is 3.53. The van der Waals surface area contributed by atoms with Gasteiger partial charge < -0.3 is 5.11 Å². The first-order valence-electron chi connectivity index (χ1n) is 8.49. The molecule has 0 unspecified atom stereocenters. The summed E-state index contributed by atoms with van der Waals surface area (Å²) in [4.78, 5) is 27.1. The number of halogens is 2. The van der Waals surface area contributed by atoms with E-state index in [1.807, 2.05) is 0 Å². The maximum atomic E-state index is 12.9. The summed E-state index contributed by atoms with van der Waals surface area (Å²) in [6.45, 7) is 1.75. The van der Waals surface area contributed by atoms with Crippen LogP contribution in [0.1, 0.15) is 22.2 Å². The molecule has 0 saturated carbocycles. The minimum Gasteiger partial charge on any atom is -0.507 e. The average Bonchev–Trinajstić information content (AvgIpc) is 3.24. The molecule has 1 N–H and O–H groups in total. The molecule has 1 amide bonds. The fourth-order valence-electron chi connectivity index (χ4n) is 3.14. The summed E-state index contributed by atoms with van der Waals surface area (Å²) >= 11 is 13.1. The van der Waals surface area contributed by atoms with E-state index >= 15 is 0 Å². The summed E-state index contributed by atoms with van der Waals surface area (Å²) in [5.74, 6) is -1.87. The number of aliphatic hydroxyl groups is 1. The number of aliphatic hydroxyl groups excluding tert-OH is 1. The number of carbonyl (C=O) groups is 2. The largest absolute Gasteiger partial charge is 0.507 e. The molecule has 1 aliphatic heterocycles. The van der Waals surface area contributed by atoms with E-state index in [1.165, 1.54) is 16.2 Å². The number of benzene rings is 2. The van der Waals surface area contributed by atoms with Gasteiger partial charge in [0.2, 0.25) is 5.13 Å². The van der Waals surface area contributed by atoms with Crippen LogP contribution in [0.4, 0.5) is 5.13 Å². The van der Waals surface area contributed by atoms with Crippen molar-refractivity contribution in [3.8, 4) is 0 Å². The van der Waals surface area contributed by atoms with Gasteiger partial charge in [-0.25, -0.2) is 0 Å². The summed E-state index contributed by atoms with van der Waals surface area (Å²) in [5, 5.41) is 20.8. The van der Waals surface area contributed by atoms with Crippen LogP contribution in [0.25, 0.3) is 5.76 Å². The number of rotatable bonds is 3. The number of Topliss-reactive ketones (excluding diaryl/α,β-unsaturated/α-hetero) is 1. The molecule has 0 radical (unpaired) electrons. The van der Waals surface area contributed by atoms with Crippen LogP contribution in [0.2, 0.25) is 10.0 Å². The number of aryl methyl sites for hydroxylation is 1. The lowest BCUT2D eigenvalue weighted by Gasteiger charge is -2.22. The standard InChI is InChI=1S/C20H13Cl2N3O3S/c1-10-23-24-20(29-10)25-16(11-2-6-13(21)7-3-11)15(18(27)19(25)28)17(26)12-4-8-14(22)9-5-12/h2-9,16,26H,1H3/t16-/m0/s1. The predicted octanol–water partition coefficient (Wildman–Crippen LogP) is 4.78. The minimum atomic E-state index is -0.865. The number of aromatic nitrogens is 2. The van der Waals surface area contributed by atoms with Gasteiger partial charge in [0.05, 0.1) is 11.6 Å². The molecule has 0 aliphatic carbocycles. The van der Waals surface area contributed by atoms with Crippen molar-refractivity contribution in [1.82, 2.24) is 10.2 Å². The van der Waals surface area contributed by atoms with Crippen LogP contribution in [0.5, 0.6) is 0 Å². The first kappa shape index (κ1) is 19.6. The van der Waals surface area contributed by atoms with Crippen molar-refractivity contribution in [1.29, 1.82) is 0 Å². The second kappa shape index (κ2) is 7.59. The number of ketones is 1. The van der Waals surface area contributed by atoms with Crippen LogP contribution in [0.15, 0.2) is 54.1 Å². The third-order valence-electron chi connectivity index (χ3n) is 4.47. The van der Waals surface area contributed by atoms with Gasteiger partial charge in [-0.1, -0.05) is 46.7 Å². The van der Waals surface area contributed by atoms with Crippen molar-refractivity contribution in [2.45, 2.75) is 13.0 Å². The predicted molar refractivity (Wildman–Crippen MR) is 112 cm³/mol. The molecule has 6 nitrogen and oxygen atoms in total. The van der Waals surface area contributed by atoms with Crippen molar-refractivity contribution in [3.05, 3.63) is 80.3 Å². The van der Waals surface area contributed by atoms with E-state index < -0.39 is 17.7 Å². The van der Waals surface area contributed by atoms with Gasteiger partial charge in [-0.2, -0.15) is 0 Å². The normalized spacial score (nSPS) is 18.4. The quantitative estimate of drug-likeness (QED) is 0.356. The zero-order valence-corrected chi connectivity index (χ0v) is 17.3. The summed E-state index contributed by atoms with van der Waals surface area (Å²) in [6.07, 6.45) is 0. The highest BCUT2D eigenvalue weighted by atomic mass is 35.5. The summed E-state index contributed by atoms with van der Waals surface area (Å²) in [7, 11) is 0. The van der Waals surface area contributed by atoms with Crippen molar-refractivity contribution >= 4 is 57.1 Å².